The van der Waals surface area contributed by atoms with Crippen LogP contribution >= 0.6 is 0 Å². The number of hydrogen-bond acceptors (Lipinski definition) is 0. The molecular weight excluding hydrogens is 915 g/mol. The van der Waals surface area contributed by atoms with Gasteiger partial charge in [0.1, 0.15) is 0 Å². The molecule has 16 rings (SSSR count). The number of para-hydroxylation sites is 1. The lowest BCUT2D eigenvalue weighted by molar-refractivity contribution is 0.769. The van der Waals surface area contributed by atoms with E-state index in [-0.39, 0.29) is 0 Å². The Morgan fingerprint density at radius 2 is 0.658 bits per heavy atom. The molecule has 2 aliphatic rings. The Hall–Kier alpha value is -9.82. The normalized spacial score (nSPS) is 12.8. The second-order valence-corrected chi connectivity index (χ2v) is 20.6. The van der Waals surface area contributed by atoms with Crippen LogP contribution in [0.25, 0.3) is 127 Å². The topological polar surface area (TPSA) is 4.93 Å². The summed E-state index contributed by atoms with van der Waals surface area (Å²) in [4.78, 5) is 0. The number of aromatic nitrogens is 1. The molecule has 0 saturated heterocycles. The van der Waals surface area contributed by atoms with Crippen LogP contribution in [-0.4, -0.2) is 4.57 Å². The highest BCUT2D eigenvalue weighted by atomic mass is 15.0. The van der Waals surface area contributed by atoms with Gasteiger partial charge in [-0.3, -0.25) is 0 Å². The van der Waals surface area contributed by atoms with Crippen molar-refractivity contribution in [2.45, 2.75) is 5.41 Å². The Bertz CT molecular complexity index is 4590. The second-order valence-electron chi connectivity index (χ2n) is 20.6. The molecule has 0 bridgehead atoms. The van der Waals surface area contributed by atoms with Crippen molar-refractivity contribution < 1.29 is 0 Å². The summed E-state index contributed by atoms with van der Waals surface area (Å²) in [6, 6.07) is 107. The third-order valence-corrected chi connectivity index (χ3v) is 16.8. The quantitative estimate of drug-likeness (QED) is 0.152. The Balaban J connectivity index is 0.908. The van der Waals surface area contributed by atoms with E-state index in [1.54, 1.807) is 0 Å². The average molecular weight is 962 g/mol. The Kier molecular flexibility index (Phi) is 9.32. The molecule has 0 N–H and O–H groups in total. The zero-order valence-electron chi connectivity index (χ0n) is 41.6. The fourth-order valence-electron chi connectivity index (χ4n) is 13.7. The SMILES string of the molecule is c1ccc(C2(c3ccccc3)c3ccccc3-c3cc4c(cc32)c2ccccc2n4-c2cccc(-c3c4ccccc4c(-c4ccc5c(c4)-c4ccccc4-c4ccccc4-c4ccccc4-5)c4ccccc34)c2)cc1. The molecule has 14 aromatic rings. The zero-order valence-corrected chi connectivity index (χ0v) is 41.6. The standard InChI is InChI=1S/C75H47N/c1-3-23-50(24-4-1)75(51-25-5-2-6-26-51)69-40-19-17-34-60(69)67-47-72-68(46-70(67)75)61-35-18-20-41-71(61)76(72)52-27-21-22-48(44-52)73-62-36-13-15-38-64(62)74(65-39-16-14-37-63(65)73)49-42-43-59-57-32-10-9-30-55(57)53-28-7-8-29-54(53)56-31-11-12-33-58(56)66(59)45-49/h1-47H. The van der Waals surface area contributed by atoms with Crippen LogP contribution in [0.15, 0.2) is 285 Å². The summed E-state index contributed by atoms with van der Waals surface area (Å²) in [6.07, 6.45) is 0. The van der Waals surface area contributed by atoms with E-state index < -0.39 is 5.41 Å². The lowest BCUT2D eigenvalue weighted by Gasteiger charge is -2.33. The number of fused-ring (bicyclic) bond motifs is 16. The number of rotatable bonds is 5. The third kappa shape index (κ3) is 6.03. The number of hydrogen-bond donors (Lipinski definition) is 0. The summed E-state index contributed by atoms with van der Waals surface area (Å²) >= 11 is 0. The van der Waals surface area contributed by atoms with Crippen molar-refractivity contribution in [2.24, 2.45) is 0 Å². The van der Waals surface area contributed by atoms with Gasteiger partial charge in [0.15, 0.2) is 0 Å². The van der Waals surface area contributed by atoms with Gasteiger partial charge in [0.05, 0.1) is 16.4 Å². The molecule has 1 aromatic heterocycles. The zero-order chi connectivity index (χ0) is 49.9. The molecule has 0 fully saturated rings. The van der Waals surface area contributed by atoms with Gasteiger partial charge in [-0.15, -0.1) is 0 Å². The molecule has 0 radical (unpaired) electrons. The molecule has 76 heavy (non-hydrogen) atoms. The van der Waals surface area contributed by atoms with E-state index in [4.69, 9.17) is 0 Å². The highest BCUT2D eigenvalue weighted by molar-refractivity contribution is 6.22. The van der Waals surface area contributed by atoms with Crippen LogP contribution < -0.4 is 0 Å². The summed E-state index contributed by atoms with van der Waals surface area (Å²) in [7, 11) is 0. The van der Waals surface area contributed by atoms with E-state index in [1.165, 1.54) is 143 Å². The van der Waals surface area contributed by atoms with E-state index in [0.717, 1.165) is 5.69 Å². The molecule has 1 nitrogen and oxygen atoms in total. The predicted octanol–water partition coefficient (Wildman–Crippen LogP) is 19.8. The van der Waals surface area contributed by atoms with Crippen molar-refractivity contribution in [3.05, 3.63) is 307 Å². The molecule has 0 atom stereocenters. The minimum atomic E-state index is -0.486. The first-order chi connectivity index (χ1) is 37.7. The maximum absolute atomic E-state index is 2.52. The van der Waals surface area contributed by atoms with Crippen LogP contribution in [0.2, 0.25) is 0 Å². The fourth-order valence-corrected chi connectivity index (χ4v) is 13.7. The van der Waals surface area contributed by atoms with Crippen molar-refractivity contribution in [3.63, 3.8) is 0 Å². The van der Waals surface area contributed by atoms with E-state index >= 15 is 0 Å². The molecule has 2 aliphatic carbocycles. The monoisotopic (exact) mass is 961 g/mol. The molecule has 352 valence electrons. The van der Waals surface area contributed by atoms with E-state index in [9.17, 15) is 0 Å². The molecule has 1 heterocycles. The highest BCUT2D eigenvalue weighted by Crippen LogP contribution is 2.58. The molecule has 0 spiro atoms. The molecule has 0 saturated carbocycles. The molecule has 0 amide bonds. The van der Waals surface area contributed by atoms with Crippen LogP contribution in [-0.2, 0) is 5.41 Å². The Labute approximate surface area is 441 Å². The van der Waals surface area contributed by atoms with Crippen LogP contribution in [0.1, 0.15) is 22.3 Å². The highest BCUT2D eigenvalue weighted by Gasteiger charge is 2.46. The van der Waals surface area contributed by atoms with Crippen molar-refractivity contribution in [1.29, 1.82) is 0 Å². The lowest BCUT2D eigenvalue weighted by Crippen LogP contribution is -2.28. The first-order valence-corrected chi connectivity index (χ1v) is 26.5. The van der Waals surface area contributed by atoms with Gasteiger partial charge in [0, 0.05) is 16.5 Å². The minimum absolute atomic E-state index is 0.486. The van der Waals surface area contributed by atoms with Gasteiger partial charge >= 0.3 is 0 Å². The second kappa shape index (κ2) is 16.6. The van der Waals surface area contributed by atoms with E-state index in [1.807, 2.05) is 0 Å². The predicted molar refractivity (Wildman–Crippen MR) is 319 cm³/mol. The van der Waals surface area contributed by atoms with Crippen LogP contribution in [0.5, 0.6) is 0 Å². The summed E-state index contributed by atoms with van der Waals surface area (Å²) in [5.41, 5.74) is 25.6. The van der Waals surface area contributed by atoms with Crippen molar-refractivity contribution >= 4 is 43.4 Å². The van der Waals surface area contributed by atoms with Crippen molar-refractivity contribution in [2.75, 3.05) is 0 Å². The van der Waals surface area contributed by atoms with E-state index in [0.29, 0.717) is 0 Å². The maximum Gasteiger partial charge on any atom is 0.0713 e. The molecular formula is C75H47N. The van der Waals surface area contributed by atoms with Gasteiger partial charge in [0.25, 0.3) is 0 Å². The van der Waals surface area contributed by atoms with Crippen LogP contribution in [0.3, 0.4) is 0 Å². The fraction of sp³-hybridized carbons (Fsp3) is 0.0133. The average Bonchev–Trinajstić information content (AvgIpc) is 4.21. The molecule has 13 aromatic carbocycles. The summed E-state index contributed by atoms with van der Waals surface area (Å²) in [6.45, 7) is 0. The molecule has 0 aliphatic heterocycles. The van der Waals surface area contributed by atoms with Crippen LogP contribution in [0, 0.1) is 0 Å². The smallest absolute Gasteiger partial charge is 0.0713 e. The molecule has 0 unspecified atom stereocenters. The van der Waals surface area contributed by atoms with Gasteiger partial charge in [-0.05, 0) is 158 Å². The molecule has 1 heteroatoms. The first-order valence-electron chi connectivity index (χ1n) is 26.5. The van der Waals surface area contributed by atoms with Gasteiger partial charge < -0.3 is 4.57 Å². The van der Waals surface area contributed by atoms with E-state index in [2.05, 4.69) is 290 Å². The minimum Gasteiger partial charge on any atom is -0.309 e. The third-order valence-electron chi connectivity index (χ3n) is 16.8. The Morgan fingerprint density at radius 3 is 1.21 bits per heavy atom. The number of benzene rings is 13. The van der Waals surface area contributed by atoms with Gasteiger partial charge in [0.2, 0.25) is 0 Å². The largest absolute Gasteiger partial charge is 0.309 e. The number of nitrogens with zero attached hydrogens (tertiary/aromatic N) is 1. The van der Waals surface area contributed by atoms with Gasteiger partial charge in [-0.2, -0.15) is 0 Å². The summed E-state index contributed by atoms with van der Waals surface area (Å²) in [5, 5.41) is 7.42. The maximum atomic E-state index is 2.52. The summed E-state index contributed by atoms with van der Waals surface area (Å²) < 4.78 is 2.51. The van der Waals surface area contributed by atoms with Gasteiger partial charge in [-0.1, -0.05) is 249 Å². The Morgan fingerprint density at radius 1 is 0.224 bits per heavy atom. The van der Waals surface area contributed by atoms with Gasteiger partial charge in [-0.25, -0.2) is 0 Å². The van der Waals surface area contributed by atoms with Crippen LogP contribution in [0.4, 0.5) is 0 Å². The lowest BCUT2D eigenvalue weighted by atomic mass is 9.67. The summed E-state index contributed by atoms with van der Waals surface area (Å²) in [5.74, 6) is 0. The van der Waals surface area contributed by atoms with Crippen molar-refractivity contribution in [3.8, 4) is 83.6 Å². The van der Waals surface area contributed by atoms with Crippen molar-refractivity contribution in [1.82, 2.24) is 4.57 Å². The first kappa shape index (κ1) is 42.7.